The van der Waals surface area contributed by atoms with E-state index in [1.54, 1.807) is 0 Å². The van der Waals surface area contributed by atoms with Gasteiger partial charge < -0.3 is 10.2 Å². The van der Waals surface area contributed by atoms with Crippen molar-refractivity contribution in [2.45, 2.75) is 38.8 Å². The summed E-state index contributed by atoms with van der Waals surface area (Å²) in [6.45, 7) is 9.10. The van der Waals surface area contributed by atoms with Crippen molar-refractivity contribution in [3.05, 3.63) is 60.7 Å². The minimum absolute atomic E-state index is 0.166. The van der Waals surface area contributed by atoms with Crippen LogP contribution in [0.1, 0.15) is 27.7 Å². The maximum absolute atomic E-state index is 12.1. The van der Waals surface area contributed by atoms with Crippen LogP contribution < -0.4 is 25.6 Å². The van der Waals surface area contributed by atoms with Gasteiger partial charge in [0.1, 0.15) is 0 Å². The van der Waals surface area contributed by atoms with E-state index in [2.05, 4.69) is 54.5 Å². The summed E-state index contributed by atoms with van der Waals surface area (Å²) in [7, 11) is -6.31. The van der Waals surface area contributed by atoms with Crippen molar-refractivity contribution in [2.24, 2.45) is 5.73 Å². The lowest BCUT2D eigenvalue weighted by molar-refractivity contribution is 0.209. The largest absolute Gasteiger partial charge is 0.403 e. The van der Waals surface area contributed by atoms with E-state index in [0.717, 1.165) is 10.4 Å². The number of rotatable bonds is 10. The molecule has 0 radical (unpaired) electrons. The van der Waals surface area contributed by atoms with Gasteiger partial charge in [-0.15, -0.1) is 0 Å². The van der Waals surface area contributed by atoms with Crippen LogP contribution in [0.3, 0.4) is 0 Å². The second-order valence-corrected chi connectivity index (χ2v) is 14.0. The van der Waals surface area contributed by atoms with Crippen LogP contribution in [0.5, 0.6) is 0 Å². The van der Waals surface area contributed by atoms with Gasteiger partial charge in [0.15, 0.2) is 0 Å². The molecule has 2 aromatic carbocycles. The fraction of sp³-hybridized carbons (Fsp3) is 0.429. The molecule has 2 rings (SSSR count). The fourth-order valence-corrected chi connectivity index (χ4v) is 9.15. The molecule has 1 atom stereocenters. The molecule has 4 N–H and O–H groups in total. The monoisotopic (exact) mass is 435 g/mol. The van der Waals surface area contributed by atoms with E-state index in [1.807, 2.05) is 43.3 Å². The summed E-state index contributed by atoms with van der Waals surface area (Å²) in [6, 6.07) is 20.6. The van der Waals surface area contributed by atoms with Crippen molar-refractivity contribution in [2.75, 3.05) is 19.6 Å². The van der Waals surface area contributed by atoms with Crippen LogP contribution in [-0.2, 0) is 14.6 Å². The fourth-order valence-electron chi connectivity index (χ4n) is 3.51. The summed E-state index contributed by atoms with van der Waals surface area (Å²) in [5.41, 5.74) is 5.38. The van der Waals surface area contributed by atoms with E-state index in [9.17, 15) is 8.42 Å². The summed E-state index contributed by atoms with van der Waals surface area (Å²) in [6.07, 6.45) is -0.323. The van der Waals surface area contributed by atoms with Gasteiger partial charge in [-0.1, -0.05) is 81.4 Å². The van der Waals surface area contributed by atoms with Gasteiger partial charge in [-0.3, -0.25) is 0 Å². The minimum atomic E-state index is -3.60. The summed E-state index contributed by atoms with van der Waals surface area (Å²) < 4.78 is 36.0. The summed E-state index contributed by atoms with van der Waals surface area (Å²) in [4.78, 5) is 0. The highest BCUT2D eigenvalue weighted by molar-refractivity contribution is 7.87. The van der Waals surface area contributed by atoms with Gasteiger partial charge >= 0.3 is 0 Å². The first-order valence-corrected chi connectivity index (χ1v) is 13.2. The SMILES string of the molecule is CC(CNS(=O)(=O)NCCN)O[Si](c1ccccc1)(c1ccccc1)C(C)(C)C. The zero-order valence-electron chi connectivity index (χ0n) is 17.7. The molecule has 6 nitrogen and oxygen atoms in total. The Morgan fingerprint density at radius 3 is 1.86 bits per heavy atom. The van der Waals surface area contributed by atoms with Crippen LogP contribution >= 0.6 is 0 Å². The van der Waals surface area contributed by atoms with Gasteiger partial charge in [0, 0.05) is 19.6 Å². The van der Waals surface area contributed by atoms with E-state index >= 15 is 0 Å². The van der Waals surface area contributed by atoms with Gasteiger partial charge in [-0.05, 0) is 22.3 Å². The molecule has 0 bridgehead atoms. The molecule has 0 heterocycles. The minimum Gasteiger partial charge on any atom is -0.403 e. The Morgan fingerprint density at radius 2 is 1.45 bits per heavy atom. The summed E-state index contributed by atoms with van der Waals surface area (Å²) in [5.74, 6) is 0. The molecule has 0 aliphatic heterocycles. The van der Waals surface area contributed by atoms with Gasteiger partial charge in [0.25, 0.3) is 18.5 Å². The molecule has 0 fully saturated rings. The van der Waals surface area contributed by atoms with E-state index in [-0.39, 0.29) is 30.8 Å². The van der Waals surface area contributed by atoms with E-state index in [0.29, 0.717) is 0 Å². The number of benzene rings is 2. The highest BCUT2D eigenvalue weighted by Gasteiger charge is 2.51. The topological polar surface area (TPSA) is 93.5 Å². The molecular formula is C21H33N3O3SSi. The molecule has 160 valence electrons. The molecule has 0 aromatic heterocycles. The molecule has 0 aliphatic carbocycles. The predicted octanol–water partition coefficient (Wildman–Crippen LogP) is 1.33. The normalized spacial score (nSPS) is 14.0. The van der Waals surface area contributed by atoms with Crippen molar-refractivity contribution in [1.82, 2.24) is 9.44 Å². The van der Waals surface area contributed by atoms with Crippen LogP contribution in [0.2, 0.25) is 5.04 Å². The smallest absolute Gasteiger partial charge is 0.277 e. The van der Waals surface area contributed by atoms with Gasteiger partial charge in [-0.2, -0.15) is 13.1 Å². The van der Waals surface area contributed by atoms with Crippen molar-refractivity contribution in [3.8, 4) is 0 Å². The third kappa shape index (κ3) is 5.97. The van der Waals surface area contributed by atoms with Gasteiger partial charge in [0.05, 0.1) is 6.10 Å². The molecular weight excluding hydrogens is 402 g/mol. The first kappa shape index (κ1) is 23.7. The van der Waals surface area contributed by atoms with Gasteiger partial charge in [0.2, 0.25) is 0 Å². The first-order valence-electron chi connectivity index (χ1n) is 9.85. The predicted molar refractivity (Wildman–Crippen MR) is 122 cm³/mol. The highest BCUT2D eigenvalue weighted by Crippen LogP contribution is 2.37. The zero-order valence-corrected chi connectivity index (χ0v) is 19.5. The number of hydrogen-bond donors (Lipinski definition) is 3. The Bertz CT molecular complexity index is 816. The molecule has 8 heteroatoms. The van der Waals surface area contributed by atoms with Crippen LogP contribution in [0.4, 0.5) is 0 Å². The molecule has 0 spiro atoms. The average molecular weight is 436 g/mol. The third-order valence-corrected chi connectivity index (χ3v) is 11.1. The van der Waals surface area contributed by atoms with Crippen LogP contribution in [-0.4, -0.2) is 42.5 Å². The average Bonchev–Trinajstić information content (AvgIpc) is 2.69. The number of nitrogens with two attached hydrogens (primary N) is 1. The Kier molecular flexibility index (Phi) is 8.16. The van der Waals surface area contributed by atoms with E-state index in [1.165, 1.54) is 0 Å². The maximum atomic E-state index is 12.1. The Balaban J connectivity index is 2.38. The summed E-state index contributed by atoms with van der Waals surface area (Å²) >= 11 is 0. The molecule has 0 saturated carbocycles. The van der Waals surface area contributed by atoms with Crippen LogP contribution in [0.15, 0.2) is 60.7 Å². The summed E-state index contributed by atoms with van der Waals surface area (Å²) in [5, 5.41) is 2.16. The molecule has 2 aromatic rings. The van der Waals surface area contributed by atoms with Crippen molar-refractivity contribution < 1.29 is 12.8 Å². The molecule has 1 unspecified atom stereocenters. The molecule has 0 saturated heterocycles. The maximum Gasteiger partial charge on any atom is 0.277 e. The standard InChI is InChI=1S/C21H33N3O3SSi/c1-18(17-24-28(25,26)23-16-15-22)27-29(21(2,3)4,19-11-7-5-8-12-19)20-13-9-6-10-14-20/h5-14,18,23-24H,15-17,22H2,1-4H3. The van der Waals surface area contributed by atoms with Crippen molar-refractivity contribution >= 4 is 28.9 Å². The van der Waals surface area contributed by atoms with Crippen LogP contribution in [0, 0.1) is 0 Å². The van der Waals surface area contributed by atoms with Gasteiger partial charge in [-0.25, -0.2) is 4.72 Å². The van der Waals surface area contributed by atoms with E-state index in [4.69, 9.17) is 10.2 Å². The highest BCUT2D eigenvalue weighted by atomic mass is 32.2. The molecule has 0 aliphatic rings. The zero-order chi connectivity index (χ0) is 21.5. The Morgan fingerprint density at radius 1 is 0.966 bits per heavy atom. The molecule has 29 heavy (non-hydrogen) atoms. The second-order valence-electron chi connectivity index (χ2n) is 8.13. The second kappa shape index (κ2) is 9.97. The lowest BCUT2D eigenvalue weighted by Gasteiger charge is -2.44. The molecule has 0 amide bonds. The van der Waals surface area contributed by atoms with E-state index < -0.39 is 18.5 Å². The van der Waals surface area contributed by atoms with Crippen LogP contribution in [0.25, 0.3) is 0 Å². The Hall–Kier alpha value is -1.55. The number of hydrogen-bond acceptors (Lipinski definition) is 4. The quantitative estimate of drug-likeness (QED) is 0.491. The lowest BCUT2D eigenvalue weighted by Crippen LogP contribution is -2.68. The third-order valence-electron chi connectivity index (χ3n) is 4.79. The first-order chi connectivity index (χ1) is 13.6. The number of nitrogens with one attached hydrogen (secondary N) is 2. The van der Waals surface area contributed by atoms with Crippen molar-refractivity contribution in [1.29, 1.82) is 0 Å². The Labute approximate surface area is 176 Å². The lowest BCUT2D eigenvalue weighted by atomic mass is 10.2. The van der Waals surface area contributed by atoms with Crippen molar-refractivity contribution in [3.63, 3.8) is 0 Å².